The van der Waals surface area contributed by atoms with E-state index in [-0.39, 0.29) is 12.4 Å². The van der Waals surface area contributed by atoms with Crippen molar-refractivity contribution in [3.63, 3.8) is 0 Å². The summed E-state index contributed by atoms with van der Waals surface area (Å²) in [6, 6.07) is 9.69. The van der Waals surface area contributed by atoms with Crippen molar-refractivity contribution >= 4 is 5.78 Å². The van der Waals surface area contributed by atoms with E-state index in [4.69, 9.17) is 28.4 Å². The van der Waals surface area contributed by atoms with Crippen molar-refractivity contribution < 1.29 is 33.2 Å². The standard InChI is InChI=1S/C18H24O7/c1-17(20-3)18(2,21-4)25-15-14(24-17)13(19)11-23-16(15)22-10-12-8-6-5-7-9-12/h5-9,14-16H,10-11H2,1-4H3/t14-,15+,16-,17+,18+/m0/s1. The highest BCUT2D eigenvalue weighted by atomic mass is 16.8. The van der Waals surface area contributed by atoms with Crippen LogP contribution in [0.15, 0.2) is 30.3 Å². The van der Waals surface area contributed by atoms with Crippen molar-refractivity contribution in [3.05, 3.63) is 35.9 Å². The van der Waals surface area contributed by atoms with E-state index in [1.807, 2.05) is 30.3 Å². The number of fused-ring (bicyclic) bond motifs is 1. The van der Waals surface area contributed by atoms with Gasteiger partial charge in [-0.2, -0.15) is 0 Å². The molecule has 0 spiro atoms. The number of benzene rings is 1. The largest absolute Gasteiger partial charge is 0.349 e. The van der Waals surface area contributed by atoms with Crippen LogP contribution >= 0.6 is 0 Å². The molecule has 0 unspecified atom stereocenters. The lowest BCUT2D eigenvalue weighted by Crippen LogP contribution is -2.70. The quantitative estimate of drug-likeness (QED) is 0.797. The van der Waals surface area contributed by atoms with Crippen LogP contribution in [0.3, 0.4) is 0 Å². The first kappa shape index (κ1) is 18.4. The highest BCUT2D eigenvalue weighted by Crippen LogP contribution is 2.41. The zero-order chi connectivity index (χ0) is 18.1. The summed E-state index contributed by atoms with van der Waals surface area (Å²) in [6.45, 7) is 3.60. The van der Waals surface area contributed by atoms with E-state index in [0.717, 1.165) is 5.56 Å². The number of rotatable bonds is 5. The fourth-order valence-electron chi connectivity index (χ4n) is 3.00. The van der Waals surface area contributed by atoms with Gasteiger partial charge in [0.1, 0.15) is 12.7 Å². The van der Waals surface area contributed by atoms with Gasteiger partial charge in [0.2, 0.25) is 11.6 Å². The number of hydrogen-bond acceptors (Lipinski definition) is 7. The molecule has 2 aliphatic heterocycles. The van der Waals surface area contributed by atoms with Gasteiger partial charge in [0.05, 0.1) is 6.61 Å². The van der Waals surface area contributed by atoms with Crippen LogP contribution in [0.1, 0.15) is 19.4 Å². The van der Waals surface area contributed by atoms with Gasteiger partial charge < -0.3 is 28.4 Å². The third kappa shape index (κ3) is 3.36. The molecule has 0 radical (unpaired) electrons. The van der Waals surface area contributed by atoms with E-state index in [1.54, 1.807) is 13.8 Å². The fourth-order valence-corrected chi connectivity index (χ4v) is 3.00. The maximum atomic E-state index is 12.3. The first-order valence-corrected chi connectivity index (χ1v) is 8.18. The van der Waals surface area contributed by atoms with Gasteiger partial charge in [-0.05, 0) is 19.4 Å². The molecule has 0 N–H and O–H groups in total. The molecule has 7 nitrogen and oxygen atoms in total. The molecule has 2 aliphatic rings. The van der Waals surface area contributed by atoms with Gasteiger partial charge >= 0.3 is 0 Å². The van der Waals surface area contributed by atoms with E-state index in [2.05, 4.69) is 0 Å². The van der Waals surface area contributed by atoms with Gasteiger partial charge in [-0.3, -0.25) is 4.79 Å². The Bertz CT molecular complexity index is 607. The van der Waals surface area contributed by atoms with Gasteiger partial charge in [-0.25, -0.2) is 0 Å². The Kier molecular flexibility index (Phi) is 5.24. The van der Waals surface area contributed by atoms with E-state index in [0.29, 0.717) is 6.61 Å². The van der Waals surface area contributed by atoms with Gasteiger partial charge in [0.25, 0.3) is 0 Å². The van der Waals surface area contributed by atoms with Crippen molar-refractivity contribution in [2.75, 3.05) is 20.8 Å². The molecule has 3 rings (SSSR count). The van der Waals surface area contributed by atoms with Crippen LogP contribution in [0.5, 0.6) is 0 Å². The van der Waals surface area contributed by atoms with Crippen molar-refractivity contribution in [3.8, 4) is 0 Å². The summed E-state index contributed by atoms with van der Waals surface area (Å²) < 4.78 is 34.3. The van der Waals surface area contributed by atoms with E-state index >= 15 is 0 Å². The second kappa shape index (κ2) is 7.11. The van der Waals surface area contributed by atoms with Crippen LogP contribution in [-0.2, 0) is 39.8 Å². The van der Waals surface area contributed by atoms with Crippen LogP contribution in [-0.4, -0.2) is 56.7 Å². The first-order chi connectivity index (χ1) is 11.9. The smallest absolute Gasteiger partial charge is 0.221 e. The number of ketones is 1. The minimum absolute atomic E-state index is 0.104. The van der Waals surface area contributed by atoms with Crippen LogP contribution in [0.2, 0.25) is 0 Å². The molecule has 7 heteroatoms. The molecule has 0 bridgehead atoms. The van der Waals surface area contributed by atoms with E-state index in [9.17, 15) is 4.79 Å². The van der Waals surface area contributed by atoms with Crippen molar-refractivity contribution in [2.45, 2.75) is 50.5 Å². The minimum atomic E-state index is -1.24. The lowest BCUT2D eigenvalue weighted by molar-refractivity contribution is -0.462. The summed E-state index contributed by atoms with van der Waals surface area (Å²) in [5, 5.41) is 0. The van der Waals surface area contributed by atoms with Gasteiger partial charge in [0.15, 0.2) is 18.2 Å². The van der Waals surface area contributed by atoms with Gasteiger partial charge in [-0.1, -0.05) is 30.3 Å². The van der Waals surface area contributed by atoms with Crippen molar-refractivity contribution in [2.24, 2.45) is 0 Å². The summed E-state index contributed by atoms with van der Waals surface area (Å²) in [4.78, 5) is 12.3. The number of carbonyl (C=O) groups is 1. The maximum Gasteiger partial charge on any atom is 0.221 e. The van der Waals surface area contributed by atoms with Crippen molar-refractivity contribution in [1.82, 2.24) is 0 Å². The van der Waals surface area contributed by atoms with Gasteiger partial charge in [-0.15, -0.1) is 0 Å². The van der Waals surface area contributed by atoms with E-state index in [1.165, 1.54) is 14.2 Å². The number of Topliss-reactive ketones (excluding diaryl/α,β-unsaturated/α-hetero) is 1. The Labute approximate surface area is 147 Å². The average molecular weight is 352 g/mol. The minimum Gasteiger partial charge on any atom is -0.349 e. The zero-order valence-corrected chi connectivity index (χ0v) is 14.9. The van der Waals surface area contributed by atoms with Crippen molar-refractivity contribution in [1.29, 1.82) is 0 Å². The second-order valence-corrected chi connectivity index (χ2v) is 6.36. The Hall–Kier alpha value is -1.35. The molecule has 1 aromatic carbocycles. The van der Waals surface area contributed by atoms with Crippen LogP contribution < -0.4 is 0 Å². The molecule has 0 amide bonds. The summed E-state index contributed by atoms with van der Waals surface area (Å²) >= 11 is 0. The Morgan fingerprint density at radius 1 is 1.08 bits per heavy atom. The summed E-state index contributed by atoms with van der Waals surface area (Å²) in [5.41, 5.74) is 0.993. The SMILES string of the molecule is CO[C@]1(C)O[C@H]2[C@@H](OCc3ccccc3)OCC(=O)[C@@H]2O[C@@]1(C)OC. The molecule has 2 heterocycles. The molecule has 25 heavy (non-hydrogen) atoms. The highest BCUT2D eigenvalue weighted by molar-refractivity contribution is 5.85. The molecule has 0 aromatic heterocycles. The molecule has 1 aromatic rings. The lowest BCUT2D eigenvalue weighted by atomic mass is 9.99. The van der Waals surface area contributed by atoms with Crippen LogP contribution in [0.25, 0.3) is 0 Å². The third-order valence-electron chi connectivity index (χ3n) is 4.85. The topological polar surface area (TPSA) is 72.5 Å². The number of hydrogen-bond donors (Lipinski definition) is 0. The number of ether oxygens (including phenoxy) is 6. The summed E-state index contributed by atoms with van der Waals surface area (Å²) in [7, 11) is 2.97. The summed E-state index contributed by atoms with van der Waals surface area (Å²) in [5.74, 6) is -2.68. The predicted octanol–water partition coefficient (Wildman–Crippen LogP) is 1.64. The van der Waals surface area contributed by atoms with Crippen LogP contribution in [0.4, 0.5) is 0 Å². The third-order valence-corrected chi connectivity index (χ3v) is 4.85. The highest BCUT2D eigenvalue weighted by Gasteiger charge is 2.61. The Morgan fingerprint density at radius 2 is 1.72 bits per heavy atom. The maximum absolute atomic E-state index is 12.3. The molecule has 2 fully saturated rings. The zero-order valence-electron chi connectivity index (χ0n) is 14.9. The molecule has 0 aliphatic carbocycles. The molecule has 2 saturated heterocycles. The van der Waals surface area contributed by atoms with Crippen LogP contribution in [0, 0.1) is 0 Å². The molecule has 138 valence electrons. The summed E-state index contributed by atoms with van der Waals surface area (Å²) in [6.07, 6.45) is -2.35. The normalized spacial score (nSPS) is 38.4. The van der Waals surface area contributed by atoms with Gasteiger partial charge in [0, 0.05) is 14.2 Å². The fraction of sp³-hybridized carbons (Fsp3) is 0.611. The molecular formula is C18H24O7. The predicted molar refractivity (Wildman–Crippen MR) is 86.6 cm³/mol. The number of methoxy groups -OCH3 is 2. The average Bonchev–Trinajstić information content (AvgIpc) is 2.64. The number of carbonyl (C=O) groups excluding carboxylic acids is 1. The monoisotopic (exact) mass is 352 g/mol. The first-order valence-electron chi connectivity index (χ1n) is 8.18. The molecule has 5 atom stereocenters. The Balaban J connectivity index is 1.78. The molecular weight excluding hydrogens is 328 g/mol. The molecule has 0 saturated carbocycles. The lowest BCUT2D eigenvalue weighted by Gasteiger charge is -2.53. The van der Waals surface area contributed by atoms with E-state index < -0.39 is 30.1 Å². The second-order valence-electron chi connectivity index (χ2n) is 6.36. The Morgan fingerprint density at radius 3 is 2.36 bits per heavy atom.